The van der Waals surface area contributed by atoms with Crippen LogP contribution in [0.2, 0.25) is 0 Å². The second-order valence-electron chi connectivity index (χ2n) is 4.74. The zero-order chi connectivity index (χ0) is 13.0. The number of hydrogen-bond acceptors (Lipinski definition) is 6. The Morgan fingerprint density at radius 3 is 2.72 bits per heavy atom. The zero-order valence-corrected chi connectivity index (χ0v) is 11.9. The Labute approximate surface area is 112 Å². The Kier molecular flexibility index (Phi) is 4.85. The Hall–Kier alpha value is -0.790. The maximum Gasteiger partial charge on any atom is 0.222 e. The number of thioether (sulfide) groups is 1. The minimum Gasteiger partial charge on any atom is -0.368 e. The Morgan fingerprint density at radius 2 is 2.06 bits per heavy atom. The molecule has 0 radical (unpaired) electrons. The molecule has 7 heteroatoms. The summed E-state index contributed by atoms with van der Waals surface area (Å²) in [6.07, 6.45) is 0. The highest BCUT2D eigenvalue weighted by Gasteiger charge is 2.14. The number of nitrogens with one attached hydrogen (secondary N) is 1. The van der Waals surface area contributed by atoms with E-state index in [1.165, 1.54) is 0 Å². The van der Waals surface area contributed by atoms with Crippen molar-refractivity contribution in [2.24, 2.45) is 0 Å². The molecule has 1 fully saturated rings. The minimum absolute atomic E-state index is 0.307. The van der Waals surface area contributed by atoms with E-state index in [1.807, 2.05) is 4.57 Å². The van der Waals surface area contributed by atoms with Crippen LogP contribution in [0.25, 0.3) is 0 Å². The van der Waals surface area contributed by atoms with Crippen LogP contribution in [0.5, 0.6) is 0 Å². The van der Waals surface area contributed by atoms with Crippen molar-refractivity contribution in [3.05, 3.63) is 0 Å². The molecule has 2 rings (SSSR count). The second-order valence-corrected chi connectivity index (χ2v) is 5.81. The average Bonchev–Trinajstić information content (AvgIpc) is 2.72. The summed E-state index contributed by atoms with van der Waals surface area (Å²) in [6, 6.07) is 0.307. The fourth-order valence-corrected chi connectivity index (χ4v) is 3.15. The fourth-order valence-electron chi connectivity index (χ4n) is 2.07. The molecule has 0 saturated carbocycles. The van der Waals surface area contributed by atoms with E-state index in [0.717, 1.165) is 43.6 Å². The Bertz CT molecular complexity index is 372. The highest BCUT2D eigenvalue weighted by atomic mass is 32.2. The summed E-state index contributed by atoms with van der Waals surface area (Å²) in [4.78, 5) is 2.48. The van der Waals surface area contributed by atoms with Gasteiger partial charge < -0.3 is 11.1 Å². The van der Waals surface area contributed by atoms with Crippen molar-refractivity contribution in [3.63, 3.8) is 0 Å². The van der Waals surface area contributed by atoms with E-state index in [2.05, 4.69) is 34.3 Å². The van der Waals surface area contributed by atoms with Crippen LogP contribution in [0.1, 0.15) is 19.9 Å². The number of anilines is 1. The van der Waals surface area contributed by atoms with Gasteiger partial charge in [-0.1, -0.05) is 11.8 Å². The first kappa shape index (κ1) is 13.6. The summed E-state index contributed by atoms with van der Waals surface area (Å²) in [5.74, 6) is 1.54. The Balaban J connectivity index is 1.82. The van der Waals surface area contributed by atoms with Crippen molar-refractivity contribution < 1.29 is 0 Å². The lowest BCUT2D eigenvalue weighted by molar-refractivity contribution is 0.255. The summed E-state index contributed by atoms with van der Waals surface area (Å²) >= 11 is 1.74. The monoisotopic (exact) mass is 270 g/mol. The molecule has 0 aromatic carbocycles. The Morgan fingerprint density at radius 1 is 1.33 bits per heavy atom. The number of nitrogens with zero attached hydrogens (tertiary/aromatic N) is 4. The van der Waals surface area contributed by atoms with Gasteiger partial charge in [-0.3, -0.25) is 9.47 Å². The first-order valence-corrected chi connectivity index (χ1v) is 7.43. The van der Waals surface area contributed by atoms with E-state index in [4.69, 9.17) is 5.73 Å². The van der Waals surface area contributed by atoms with E-state index in [1.54, 1.807) is 11.8 Å². The summed E-state index contributed by atoms with van der Waals surface area (Å²) in [6.45, 7) is 9.76. The molecule has 0 spiro atoms. The quantitative estimate of drug-likeness (QED) is 0.757. The molecule has 1 aromatic heterocycles. The largest absolute Gasteiger partial charge is 0.368 e. The van der Waals surface area contributed by atoms with Gasteiger partial charge in [0.15, 0.2) is 5.16 Å². The lowest BCUT2D eigenvalue weighted by Gasteiger charge is -2.26. The highest BCUT2D eigenvalue weighted by molar-refractivity contribution is 7.99. The van der Waals surface area contributed by atoms with Gasteiger partial charge >= 0.3 is 0 Å². The van der Waals surface area contributed by atoms with Gasteiger partial charge in [0.1, 0.15) is 0 Å². The van der Waals surface area contributed by atoms with Gasteiger partial charge in [-0.2, -0.15) is 0 Å². The third-order valence-electron chi connectivity index (χ3n) is 3.06. The molecule has 2 heterocycles. The predicted molar refractivity (Wildman–Crippen MR) is 74.9 cm³/mol. The second kappa shape index (κ2) is 6.40. The van der Waals surface area contributed by atoms with E-state index in [-0.39, 0.29) is 0 Å². The van der Waals surface area contributed by atoms with Crippen LogP contribution in [0.4, 0.5) is 5.95 Å². The number of hydrogen-bond donors (Lipinski definition) is 2. The summed E-state index contributed by atoms with van der Waals surface area (Å²) in [7, 11) is 0. The molecule has 6 nitrogen and oxygen atoms in total. The van der Waals surface area contributed by atoms with Crippen molar-refractivity contribution in [1.82, 2.24) is 25.0 Å². The van der Waals surface area contributed by atoms with Crippen molar-refractivity contribution in [1.29, 1.82) is 0 Å². The lowest BCUT2D eigenvalue weighted by Crippen LogP contribution is -2.44. The molecular formula is C11H22N6S. The number of aromatic nitrogens is 3. The fraction of sp³-hybridized carbons (Fsp3) is 0.818. The number of nitrogen functional groups attached to an aromatic ring is 1. The first-order chi connectivity index (χ1) is 8.68. The molecule has 0 bridgehead atoms. The van der Waals surface area contributed by atoms with E-state index in [0.29, 0.717) is 12.0 Å². The summed E-state index contributed by atoms with van der Waals surface area (Å²) < 4.78 is 1.99. The van der Waals surface area contributed by atoms with Crippen LogP contribution >= 0.6 is 11.8 Å². The number of piperazine rings is 1. The molecule has 1 aliphatic rings. The van der Waals surface area contributed by atoms with E-state index in [9.17, 15) is 0 Å². The molecule has 1 aliphatic heterocycles. The number of nitrogens with two attached hydrogens (primary N) is 1. The molecule has 0 aliphatic carbocycles. The minimum atomic E-state index is 0.307. The summed E-state index contributed by atoms with van der Waals surface area (Å²) in [5, 5.41) is 12.4. The smallest absolute Gasteiger partial charge is 0.222 e. The van der Waals surface area contributed by atoms with E-state index < -0.39 is 0 Å². The van der Waals surface area contributed by atoms with Crippen LogP contribution in [-0.2, 0) is 0 Å². The molecule has 1 aromatic rings. The molecule has 102 valence electrons. The SMILES string of the molecule is CC(C)n1c(N)nnc1SCCN1CCNCC1. The average molecular weight is 270 g/mol. The van der Waals surface area contributed by atoms with E-state index >= 15 is 0 Å². The van der Waals surface area contributed by atoms with Crippen LogP contribution in [0, 0.1) is 0 Å². The third-order valence-corrected chi connectivity index (χ3v) is 3.98. The van der Waals surface area contributed by atoms with Gasteiger partial charge in [-0.05, 0) is 13.8 Å². The summed E-state index contributed by atoms with van der Waals surface area (Å²) in [5.41, 5.74) is 5.81. The van der Waals surface area contributed by atoms with Crippen molar-refractivity contribution in [3.8, 4) is 0 Å². The van der Waals surface area contributed by atoms with Gasteiger partial charge in [0.2, 0.25) is 5.95 Å². The maximum atomic E-state index is 5.81. The standard InChI is InChI=1S/C11H22N6S/c1-9(2)17-10(12)14-15-11(17)18-8-7-16-5-3-13-4-6-16/h9,13H,3-8H2,1-2H3,(H2,12,14). The lowest BCUT2D eigenvalue weighted by atomic mass is 10.4. The van der Waals surface area contributed by atoms with Gasteiger partial charge in [0.05, 0.1) is 0 Å². The van der Waals surface area contributed by atoms with Gasteiger partial charge in [-0.15, -0.1) is 10.2 Å². The van der Waals surface area contributed by atoms with Crippen LogP contribution in [0.15, 0.2) is 5.16 Å². The topological polar surface area (TPSA) is 72.0 Å². The normalized spacial score (nSPS) is 17.5. The first-order valence-electron chi connectivity index (χ1n) is 6.44. The van der Waals surface area contributed by atoms with Crippen molar-refractivity contribution >= 4 is 17.7 Å². The van der Waals surface area contributed by atoms with Crippen LogP contribution in [-0.4, -0.2) is 58.1 Å². The molecule has 0 atom stereocenters. The zero-order valence-electron chi connectivity index (χ0n) is 11.1. The van der Waals surface area contributed by atoms with Gasteiger partial charge in [-0.25, -0.2) is 0 Å². The molecule has 18 heavy (non-hydrogen) atoms. The molecule has 3 N–H and O–H groups in total. The predicted octanol–water partition coefficient (Wildman–Crippen LogP) is 0.439. The molecule has 0 unspecified atom stereocenters. The molecular weight excluding hydrogens is 248 g/mol. The third kappa shape index (κ3) is 3.37. The van der Waals surface area contributed by atoms with Crippen LogP contribution in [0.3, 0.4) is 0 Å². The molecule has 1 saturated heterocycles. The van der Waals surface area contributed by atoms with Crippen molar-refractivity contribution in [2.45, 2.75) is 25.0 Å². The van der Waals surface area contributed by atoms with Crippen LogP contribution < -0.4 is 11.1 Å². The van der Waals surface area contributed by atoms with Crippen molar-refractivity contribution in [2.75, 3.05) is 44.2 Å². The van der Waals surface area contributed by atoms with Gasteiger partial charge in [0.25, 0.3) is 0 Å². The highest BCUT2D eigenvalue weighted by Crippen LogP contribution is 2.22. The molecule has 0 amide bonds. The maximum absolute atomic E-state index is 5.81. The van der Waals surface area contributed by atoms with Gasteiger partial charge in [0, 0.05) is 44.5 Å². The number of rotatable bonds is 5.